The predicted octanol–water partition coefficient (Wildman–Crippen LogP) is 2.80. The van der Waals surface area contributed by atoms with Gasteiger partial charge in [-0.2, -0.15) is 0 Å². The van der Waals surface area contributed by atoms with Gasteiger partial charge in [-0.05, 0) is 62.8 Å². The topological polar surface area (TPSA) is 110 Å². The third-order valence-electron chi connectivity index (χ3n) is 5.25. The highest BCUT2D eigenvalue weighted by molar-refractivity contribution is 6.03. The molecule has 142 valence electrons. The highest BCUT2D eigenvalue weighted by Crippen LogP contribution is 2.40. The first-order chi connectivity index (χ1) is 13.1. The number of nitrogens with zero attached hydrogens (tertiary/aromatic N) is 1. The number of hydrogen-bond donors (Lipinski definition) is 3. The van der Waals surface area contributed by atoms with E-state index in [0.717, 1.165) is 44.3 Å². The summed E-state index contributed by atoms with van der Waals surface area (Å²) in [6, 6.07) is 8.98. The van der Waals surface area contributed by atoms with Gasteiger partial charge in [-0.3, -0.25) is 9.59 Å². The zero-order chi connectivity index (χ0) is 18.8. The van der Waals surface area contributed by atoms with E-state index in [1.165, 1.54) is 0 Å². The summed E-state index contributed by atoms with van der Waals surface area (Å²) in [4.78, 5) is 24.6. The average molecular weight is 368 g/mol. The van der Waals surface area contributed by atoms with Crippen LogP contribution < -0.4 is 16.4 Å². The van der Waals surface area contributed by atoms with Crippen molar-refractivity contribution in [3.8, 4) is 0 Å². The highest BCUT2D eigenvalue weighted by atomic mass is 16.5. The summed E-state index contributed by atoms with van der Waals surface area (Å²) < 4.78 is 5.21. The van der Waals surface area contributed by atoms with Gasteiger partial charge in [0.2, 0.25) is 0 Å². The Hall–Kier alpha value is -2.67. The number of rotatable bonds is 5. The van der Waals surface area contributed by atoms with Gasteiger partial charge < -0.3 is 20.9 Å². The molecule has 7 nitrogen and oxygen atoms in total. The van der Waals surface area contributed by atoms with E-state index < -0.39 is 0 Å². The van der Waals surface area contributed by atoms with E-state index in [9.17, 15) is 9.59 Å². The fourth-order valence-electron chi connectivity index (χ4n) is 3.39. The second kappa shape index (κ2) is 7.52. The van der Waals surface area contributed by atoms with Crippen LogP contribution in [0.3, 0.4) is 0 Å². The molecule has 27 heavy (non-hydrogen) atoms. The van der Waals surface area contributed by atoms with Crippen molar-refractivity contribution in [1.29, 1.82) is 0 Å². The van der Waals surface area contributed by atoms with Crippen molar-refractivity contribution in [3.05, 3.63) is 47.3 Å². The van der Waals surface area contributed by atoms with Crippen LogP contribution >= 0.6 is 0 Å². The van der Waals surface area contributed by atoms with E-state index in [0.29, 0.717) is 17.2 Å². The minimum Gasteiger partial charge on any atom is -0.360 e. The number of amides is 2. The van der Waals surface area contributed by atoms with Crippen molar-refractivity contribution < 1.29 is 14.1 Å². The number of nitrogens with one attached hydrogen (secondary N) is 2. The number of aromatic nitrogens is 1. The average Bonchev–Trinajstić information content (AvgIpc) is 3.40. The number of benzene rings is 1. The molecule has 0 spiro atoms. The van der Waals surface area contributed by atoms with Gasteiger partial charge in [-0.1, -0.05) is 5.16 Å². The van der Waals surface area contributed by atoms with E-state index in [1.807, 2.05) is 0 Å². The summed E-state index contributed by atoms with van der Waals surface area (Å²) >= 11 is 0. The lowest BCUT2D eigenvalue weighted by atomic mass is 9.91. The van der Waals surface area contributed by atoms with Crippen LogP contribution in [-0.2, 0) is 0 Å². The zero-order valence-electron chi connectivity index (χ0n) is 15.1. The van der Waals surface area contributed by atoms with Gasteiger partial charge in [-0.25, -0.2) is 0 Å². The Balaban J connectivity index is 1.32. The van der Waals surface area contributed by atoms with Crippen molar-refractivity contribution in [2.75, 3.05) is 5.32 Å². The molecule has 0 bridgehead atoms. The molecule has 4 rings (SSSR count). The Kier molecular flexibility index (Phi) is 4.94. The highest BCUT2D eigenvalue weighted by Gasteiger charge is 2.29. The van der Waals surface area contributed by atoms with Gasteiger partial charge in [0.15, 0.2) is 5.69 Å². The summed E-state index contributed by atoms with van der Waals surface area (Å²) in [6.07, 6.45) is 5.91. The molecule has 0 radical (unpaired) electrons. The van der Waals surface area contributed by atoms with Crippen molar-refractivity contribution in [1.82, 2.24) is 10.5 Å². The maximum atomic E-state index is 12.4. The third-order valence-corrected chi connectivity index (χ3v) is 5.25. The Morgan fingerprint density at radius 2 is 1.70 bits per heavy atom. The van der Waals surface area contributed by atoms with Crippen LogP contribution in [0, 0.1) is 0 Å². The van der Waals surface area contributed by atoms with Crippen LogP contribution in [0.4, 0.5) is 5.69 Å². The van der Waals surface area contributed by atoms with Crippen LogP contribution in [0.1, 0.15) is 71.0 Å². The standard InChI is InChI=1S/C20H24N4O3/c21-14-5-9-16(10-6-14)22-19(25)13-3-7-15(8-4-13)23-20(26)17-11-18(27-24-17)12-1-2-12/h3-4,7-8,11-12,14,16H,1-2,5-6,9-10,21H2,(H,22,25)(H,23,26)/t14-,16-. The molecule has 1 heterocycles. The number of anilines is 1. The lowest BCUT2D eigenvalue weighted by Crippen LogP contribution is -2.40. The van der Waals surface area contributed by atoms with Crippen molar-refractivity contribution >= 4 is 17.5 Å². The van der Waals surface area contributed by atoms with E-state index in [2.05, 4.69) is 15.8 Å². The van der Waals surface area contributed by atoms with Gasteiger partial charge in [0.25, 0.3) is 11.8 Å². The molecule has 0 aliphatic heterocycles. The first-order valence-electron chi connectivity index (χ1n) is 9.53. The van der Waals surface area contributed by atoms with Gasteiger partial charge in [-0.15, -0.1) is 0 Å². The Labute approximate surface area is 157 Å². The zero-order valence-corrected chi connectivity index (χ0v) is 15.1. The van der Waals surface area contributed by atoms with E-state index in [4.69, 9.17) is 10.3 Å². The summed E-state index contributed by atoms with van der Waals surface area (Å²) in [5.74, 6) is 0.771. The van der Waals surface area contributed by atoms with Crippen molar-refractivity contribution in [2.24, 2.45) is 5.73 Å². The van der Waals surface area contributed by atoms with E-state index in [1.54, 1.807) is 30.3 Å². The van der Waals surface area contributed by atoms with E-state index in [-0.39, 0.29) is 29.6 Å². The monoisotopic (exact) mass is 368 g/mol. The van der Waals surface area contributed by atoms with Gasteiger partial charge in [0, 0.05) is 35.3 Å². The molecule has 4 N–H and O–H groups in total. The fourth-order valence-corrected chi connectivity index (χ4v) is 3.39. The molecular weight excluding hydrogens is 344 g/mol. The van der Waals surface area contributed by atoms with Crippen LogP contribution in [0.2, 0.25) is 0 Å². The third kappa shape index (κ3) is 4.36. The molecule has 0 atom stereocenters. The van der Waals surface area contributed by atoms with E-state index >= 15 is 0 Å². The molecule has 7 heteroatoms. The summed E-state index contributed by atoms with van der Waals surface area (Å²) in [5.41, 5.74) is 7.35. The maximum Gasteiger partial charge on any atom is 0.277 e. The Morgan fingerprint density at radius 3 is 2.37 bits per heavy atom. The number of nitrogens with two attached hydrogens (primary N) is 1. The smallest absolute Gasteiger partial charge is 0.277 e. The Morgan fingerprint density at radius 1 is 1.00 bits per heavy atom. The molecule has 0 saturated heterocycles. The maximum absolute atomic E-state index is 12.4. The van der Waals surface area contributed by atoms with Gasteiger partial charge >= 0.3 is 0 Å². The predicted molar refractivity (Wildman–Crippen MR) is 101 cm³/mol. The minimum absolute atomic E-state index is 0.0982. The molecule has 0 unspecified atom stereocenters. The van der Waals surface area contributed by atoms with Gasteiger partial charge in [0.05, 0.1) is 0 Å². The minimum atomic E-state index is -0.318. The molecule has 2 aromatic rings. The summed E-state index contributed by atoms with van der Waals surface area (Å²) in [6.45, 7) is 0. The molecule has 2 aliphatic carbocycles. The number of carbonyl (C=O) groups excluding carboxylic acids is 2. The molecule has 1 aromatic heterocycles. The molecule has 2 amide bonds. The van der Waals surface area contributed by atoms with Crippen LogP contribution in [0.5, 0.6) is 0 Å². The first-order valence-corrected chi connectivity index (χ1v) is 9.53. The molecular formula is C20H24N4O3. The van der Waals surface area contributed by atoms with Crippen LogP contribution in [0.15, 0.2) is 34.9 Å². The lowest BCUT2D eigenvalue weighted by molar-refractivity contribution is 0.0925. The molecule has 2 saturated carbocycles. The fraction of sp³-hybridized carbons (Fsp3) is 0.450. The largest absolute Gasteiger partial charge is 0.360 e. The normalized spacial score (nSPS) is 22.3. The Bertz CT molecular complexity index is 818. The number of hydrogen-bond acceptors (Lipinski definition) is 5. The SMILES string of the molecule is N[C@H]1CC[C@H](NC(=O)c2ccc(NC(=O)c3cc(C4CC4)on3)cc2)CC1. The quantitative estimate of drug-likeness (QED) is 0.752. The first kappa shape index (κ1) is 17.7. The lowest BCUT2D eigenvalue weighted by Gasteiger charge is -2.26. The molecule has 2 fully saturated rings. The second-order valence-corrected chi connectivity index (χ2v) is 7.51. The van der Waals surface area contributed by atoms with Gasteiger partial charge in [0.1, 0.15) is 5.76 Å². The van der Waals surface area contributed by atoms with Crippen molar-refractivity contribution in [3.63, 3.8) is 0 Å². The summed E-state index contributed by atoms with van der Waals surface area (Å²) in [7, 11) is 0. The van der Waals surface area contributed by atoms with Crippen LogP contribution in [-0.4, -0.2) is 29.1 Å². The summed E-state index contributed by atoms with van der Waals surface area (Å²) in [5, 5.41) is 9.66. The number of carbonyl (C=O) groups is 2. The molecule has 2 aliphatic rings. The second-order valence-electron chi connectivity index (χ2n) is 7.51. The van der Waals surface area contributed by atoms with Crippen molar-refractivity contribution in [2.45, 2.75) is 56.5 Å². The molecule has 1 aromatic carbocycles. The van der Waals surface area contributed by atoms with Crippen LogP contribution in [0.25, 0.3) is 0 Å².